The van der Waals surface area contributed by atoms with Crippen LogP contribution in [0.4, 0.5) is 0 Å². The summed E-state index contributed by atoms with van der Waals surface area (Å²) in [6, 6.07) is 131. The molecule has 0 amide bonds. The Kier molecular flexibility index (Phi) is 12.3. The maximum atomic E-state index is 4.72. The van der Waals surface area contributed by atoms with Crippen LogP contribution in [-0.2, 0) is 0 Å². The number of benzene rings is 18. The molecule has 4 heteroatoms. The van der Waals surface area contributed by atoms with Crippen LogP contribution in [0, 0.1) is 0 Å². The summed E-state index contributed by atoms with van der Waals surface area (Å²) in [5.74, 6) is 0.950. The minimum atomic E-state index is 0.950. The molecule has 4 nitrogen and oxygen atoms in total. The highest BCUT2D eigenvalue weighted by molar-refractivity contribution is 6.34. The number of hydrogen-bond donors (Lipinski definition) is 0. The predicted octanol–water partition coefficient (Wildman–Crippen LogP) is 27.3. The Bertz CT molecular complexity index is 7220. The van der Waals surface area contributed by atoms with Crippen molar-refractivity contribution in [2.24, 2.45) is 0 Å². The fourth-order valence-corrected chi connectivity index (χ4v) is 18.5. The molecule has 0 unspecified atom stereocenters. The number of aromatic nitrogens is 4. The van der Waals surface area contributed by atoms with Crippen LogP contribution in [0.15, 0.2) is 364 Å². The highest BCUT2D eigenvalue weighted by Gasteiger charge is 2.30. The zero-order valence-corrected chi connectivity index (χ0v) is 56.9. The van der Waals surface area contributed by atoms with E-state index in [1.165, 1.54) is 219 Å². The molecule has 4 aromatic heterocycles. The van der Waals surface area contributed by atoms with Crippen LogP contribution in [0.25, 0.3) is 225 Å². The van der Waals surface area contributed by atoms with Crippen LogP contribution in [0.3, 0.4) is 0 Å². The van der Waals surface area contributed by atoms with Crippen LogP contribution < -0.4 is 0 Å². The first-order chi connectivity index (χ1) is 52.1. The Balaban J connectivity index is 0.0000000965. The minimum absolute atomic E-state index is 0.950. The van der Waals surface area contributed by atoms with Crippen molar-refractivity contribution in [1.82, 2.24) is 18.7 Å². The molecule has 3 aliphatic rings. The van der Waals surface area contributed by atoms with Crippen molar-refractivity contribution in [3.63, 3.8) is 0 Å². The van der Waals surface area contributed by atoms with E-state index in [1.807, 2.05) is 12.3 Å². The summed E-state index contributed by atoms with van der Waals surface area (Å²) in [5.41, 5.74) is 28.0. The van der Waals surface area contributed by atoms with Gasteiger partial charge in [-0.15, -0.1) is 0 Å². The standard InChI is InChI=1S/C38H23N.C32H19N.C31H18N2/c1-2-9-24(10-3-1)26-14-6-15-29(21-26)39-34-18-8-17-31-33-23-28-12-5-4-11-27(28)22-32(33)30-16-7-13-25-19-20-35(39)38(36(25)30)37(31)34;1-2-11-23(12-3-1)33-28-15-7-14-25-27-19-22-9-5-4-8-21(22)18-26(27)24-13-6-10-20-16-17-29(33)32(30(20)24)31(25)28;1-2-8-21-18-25-23-11-6-12-26-30(23)31-27(33(26)28-13-3-4-16-32-28)15-14-19-9-5-10-22(29(19)31)24(25)17-20(21)7-1/h1-23H;1-19H;1-18H. The van der Waals surface area contributed by atoms with Crippen molar-refractivity contribution in [2.45, 2.75) is 0 Å². The third-order valence-electron chi connectivity index (χ3n) is 22.9. The van der Waals surface area contributed by atoms with Crippen LogP contribution in [-0.4, -0.2) is 18.7 Å². The zero-order chi connectivity index (χ0) is 68.5. The molecule has 3 aliphatic carbocycles. The van der Waals surface area contributed by atoms with Gasteiger partial charge < -0.3 is 9.13 Å². The van der Waals surface area contributed by atoms with Gasteiger partial charge >= 0.3 is 0 Å². The predicted molar refractivity (Wildman–Crippen MR) is 444 cm³/mol. The van der Waals surface area contributed by atoms with Gasteiger partial charge in [0.2, 0.25) is 0 Å². The summed E-state index contributed by atoms with van der Waals surface area (Å²) in [6.07, 6.45) is 1.87. The van der Waals surface area contributed by atoms with Gasteiger partial charge in [-0.3, -0.25) is 4.57 Å². The smallest absolute Gasteiger partial charge is 0.137 e. The molecule has 18 aromatic carbocycles. The van der Waals surface area contributed by atoms with E-state index in [2.05, 4.69) is 366 Å². The van der Waals surface area contributed by atoms with Crippen molar-refractivity contribution in [3.05, 3.63) is 364 Å². The van der Waals surface area contributed by atoms with Gasteiger partial charge in [-0.25, -0.2) is 4.98 Å². The number of nitrogens with zero attached hydrogens (tertiary/aromatic N) is 4. The van der Waals surface area contributed by atoms with Crippen LogP contribution in [0.1, 0.15) is 0 Å². The lowest BCUT2D eigenvalue weighted by molar-refractivity contribution is 1.08. The van der Waals surface area contributed by atoms with E-state index in [-0.39, 0.29) is 0 Å². The zero-order valence-electron chi connectivity index (χ0n) is 56.9. The third-order valence-corrected chi connectivity index (χ3v) is 22.9. The van der Waals surface area contributed by atoms with Gasteiger partial charge in [-0.05, 0) is 252 Å². The molecule has 105 heavy (non-hydrogen) atoms. The molecule has 0 N–H and O–H groups in total. The molecular formula is C101H60N4. The first-order valence-corrected chi connectivity index (χ1v) is 36.3. The fourth-order valence-electron chi connectivity index (χ4n) is 18.5. The van der Waals surface area contributed by atoms with Crippen LogP contribution in [0.5, 0.6) is 0 Å². The Morgan fingerprint density at radius 3 is 0.857 bits per heavy atom. The maximum absolute atomic E-state index is 4.72. The molecule has 0 aliphatic heterocycles. The minimum Gasteiger partial charge on any atom is -0.309 e. The third kappa shape index (κ3) is 8.42. The van der Waals surface area contributed by atoms with Gasteiger partial charge in [0.1, 0.15) is 5.82 Å². The average Bonchev–Trinajstić information content (AvgIpc) is 1.56. The van der Waals surface area contributed by atoms with Crippen LogP contribution >= 0.6 is 0 Å². The van der Waals surface area contributed by atoms with Crippen molar-refractivity contribution in [1.29, 1.82) is 0 Å². The molecule has 0 fully saturated rings. The lowest BCUT2D eigenvalue weighted by Gasteiger charge is -2.15. The Labute approximate surface area is 604 Å². The van der Waals surface area contributed by atoms with Crippen molar-refractivity contribution < 1.29 is 0 Å². The topological polar surface area (TPSA) is 27.7 Å². The Morgan fingerprint density at radius 2 is 0.457 bits per heavy atom. The van der Waals surface area contributed by atoms with Crippen molar-refractivity contribution in [2.75, 3.05) is 0 Å². The Morgan fingerprint density at radius 1 is 0.162 bits per heavy atom. The summed E-state index contributed by atoms with van der Waals surface area (Å²) >= 11 is 0. The monoisotopic (exact) mass is 1330 g/mol. The molecule has 0 spiro atoms. The number of fused-ring (bicyclic) bond motifs is 12. The second-order valence-electron chi connectivity index (χ2n) is 28.4. The van der Waals surface area contributed by atoms with Crippen LogP contribution in [0.2, 0.25) is 0 Å². The fraction of sp³-hybridized carbons (Fsp3) is 0. The SMILES string of the molecule is c1ccc(-c2cccc(-n3c4cccc5c4c4c6c(cccc6ccc43)-c3cc4ccccc4cc3-5)c2)cc1.c1ccc(-n2c3cccc4c3c3c5c(cccc5ccc32)-c2cc3ccccc3cc2-4)cc1.c1ccc(-n2c3cccc4c3c3c5c(cccc5ccc32)-c2cc3ccccc3cc2-4)nc1. The second-order valence-corrected chi connectivity index (χ2v) is 28.4. The van der Waals surface area contributed by atoms with E-state index >= 15 is 0 Å². The second kappa shape index (κ2) is 22.3. The molecule has 4 heterocycles. The summed E-state index contributed by atoms with van der Waals surface area (Å²) in [7, 11) is 0. The van der Waals surface area contributed by atoms with E-state index in [0.717, 1.165) is 5.82 Å². The van der Waals surface area contributed by atoms with E-state index in [4.69, 9.17) is 4.98 Å². The summed E-state index contributed by atoms with van der Waals surface area (Å²) in [6.45, 7) is 0. The lowest BCUT2D eigenvalue weighted by Crippen LogP contribution is -1.97. The molecule has 484 valence electrons. The molecule has 25 rings (SSSR count). The van der Waals surface area contributed by atoms with E-state index in [1.54, 1.807) is 0 Å². The van der Waals surface area contributed by atoms with E-state index < -0.39 is 0 Å². The average molecular weight is 1330 g/mol. The Hall–Kier alpha value is -13.9. The van der Waals surface area contributed by atoms with Crippen molar-refractivity contribution >= 4 is 130 Å². The molecule has 0 radical (unpaired) electrons. The highest BCUT2D eigenvalue weighted by Crippen LogP contribution is 2.55. The molecular weight excluding hydrogens is 1270 g/mol. The van der Waals surface area contributed by atoms with Gasteiger partial charge in [-0.1, -0.05) is 249 Å². The molecule has 0 saturated heterocycles. The quantitative estimate of drug-likeness (QED) is 0.173. The first-order valence-electron chi connectivity index (χ1n) is 36.3. The lowest BCUT2D eigenvalue weighted by atomic mass is 9.91. The van der Waals surface area contributed by atoms with Gasteiger partial charge in [0, 0.05) is 49.9 Å². The normalized spacial score (nSPS) is 12.2. The van der Waals surface area contributed by atoms with Gasteiger partial charge in [-0.2, -0.15) is 0 Å². The number of pyridine rings is 1. The number of hydrogen-bond acceptors (Lipinski definition) is 1. The molecule has 0 bridgehead atoms. The van der Waals surface area contributed by atoms with E-state index in [0.29, 0.717) is 0 Å². The van der Waals surface area contributed by atoms with Gasteiger partial charge in [0.05, 0.1) is 33.1 Å². The summed E-state index contributed by atoms with van der Waals surface area (Å²) in [4.78, 5) is 4.72. The van der Waals surface area contributed by atoms with E-state index in [9.17, 15) is 0 Å². The number of rotatable bonds is 4. The summed E-state index contributed by atoms with van der Waals surface area (Å²) < 4.78 is 7.20. The van der Waals surface area contributed by atoms with Gasteiger partial charge in [0.25, 0.3) is 0 Å². The van der Waals surface area contributed by atoms with Crippen molar-refractivity contribution in [3.8, 4) is 95.1 Å². The highest BCUT2D eigenvalue weighted by atomic mass is 15.1. The molecule has 22 aromatic rings. The molecule has 0 saturated carbocycles. The number of para-hydroxylation sites is 1. The van der Waals surface area contributed by atoms with Gasteiger partial charge in [0.15, 0.2) is 0 Å². The molecule has 0 atom stereocenters. The largest absolute Gasteiger partial charge is 0.309 e. The summed E-state index contributed by atoms with van der Waals surface area (Å²) in [5, 5.41) is 23.6. The maximum Gasteiger partial charge on any atom is 0.137 e. The first kappa shape index (κ1) is 57.8.